The van der Waals surface area contributed by atoms with Gasteiger partial charge in [0.1, 0.15) is 5.75 Å². The van der Waals surface area contributed by atoms with E-state index in [9.17, 15) is 4.79 Å². The zero-order valence-electron chi connectivity index (χ0n) is 16.7. The van der Waals surface area contributed by atoms with Crippen molar-refractivity contribution in [2.24, 2.45) is 0 Å². The number of rotatable bonds is 6. The monoisotopic (exact) mass is 412 g/mol. The third kappa shape index (κ3) is 4.14. The molecule has 0 saturated heterocycles. The van der Waals surface area contributed by atoms with Crippen LogP contribution >= 0.6 is 0 Å². The van der Waals surface area contributed by atoms with E-state index in [1.165, 1.54) is 0 Å². The number of benzene rings is 3. The second-order valence-corrected chi connectivity index (χ2v) is 7.14. The molecule has 0 saturated carbocycles. The van der Waals surface area contributed by atoms with E-state index in [2.05, 4.69) is 5.32 Å². The summed E-state index contributed by atoms with van der Waals surface area (Å²) in [6.07, 6.45) is 0. The highest BCUT2D eigenvalue weighted by Crippen LogP contribution is 2.32. The number of para-hydroxylation sites is 1. The summed E-state index contributed by atoms with van der Waals surface area (Å²) in [5.74, 6) is 1.83. The van der Waals surface area contributed by atoms with Gasteiger partial charge in [0, 0.05) is 23.6 Å². The number of nitrogens with zero attached hydrogens (tertiary/aromatic N) is 1. The van der Waals surface area contributed by atoms with Crippen molar-refractivity contribution in [1.29, 1.82) is 0 Å². The van der Waals surface area contributed by atoms with Crippen molar-refractivity contribution >= 4 is 16.8 Å². The van der Waals surface area contributed by atoms with Crippen LogP contribution in [0.2, 0.25) is 0 Å². The number of hydrogen-bond acceptors (Lipinski definition) is 5. The lowest BCUT2D eigenvalue weighted by atomic mass is 10.1. The van der Waals surface area contributed by atoms with Crippen molar-refractivity contribution in [3.05, 3.63) is 84.4 Å². The summed E-state index contributed by atoms with van der Waals surface area (Å²) in [6, 6.07) is 25.1. The highest BCUT2D eigenvalue weighted by molar-refractivity contribution is 5.88. The Balaban J connectivity index is 1.29. The molecule has 3 aromatic carbocycles. The summed E-state index contributed by atoms with van der Waals surface area (Å²) < 4.78 is 16.6. The van der Waals surface area contributed by atoms with Crippen LogP contribution in [0.15, 0.2) is 78.9 Å². The number of amides is 1. The topological polar surface area (TPSA) is 69.7 Å². The zero-order chi connectivity index (χ0) is 21.0. The first-order chi connectivity index (χ1) is 15.3. The number of ether oxygens (including phenoxy) is 3. The van der Waals surface area contributed by atoms with E-state index in [0.29, 0.717) is 18.0 Å². The van der Waals surface area contributed by atoms with E-state index in [0.717, 1.165) is 33.5 Å². The molecule has 0 unspecified atom stereocenters. The minimum absolute atomic E-state index is 0.0905. The van der Waals surface area contributed by atoms with Crippen molar-refractivity contribution < 1.29 is 19.0 Å². The lowest BCUT2D eigenvalue weighted by molar-refractivity contribution is -0.123. The Labute approximate surface area is 179 Å². The SMILES string of the molecule is O=C(COc1cc(-c2ccccc2)nc2ccccc12)NCc1ccc2c(c1)OCO2. The standard InChI is InChI=1S/C25H20N2O4/c28-25(26-14-17-10-11-22-24(12-17)31-16-30-22)15-29-23-13-21(18-6-2-1-3-7-18)27-20-9-5-4-8-19(20)23/h1-13H,14-16H2,(H,26,28). The second kappa shape index (κ2) is 8.36. The van der Waals surface area contributed by atoms with Crippen molar-refractivity contribution in [1.82, 2.24) is 10.3 Å². The third-order valence-corrected chi connectivity index (χ3v) is 5.03. The molecule has 6 heteroatoms. The fraction of sp³-hybridized carbons (Fsp3) is 0.120. The number of nitrogens with one attached hydrogen (secondary N) is 1. The Morgan fingerprint density at radius 2 is 1.74 bits per heavy atom. The Kier molecular flexibility index (Phi) is 5.10. The van der Waals surface area contributed by atoms with Gasteiger partial charge in [-0.1, -0.05) is 48.5 Å². The molecule has 31 heavy (non-hydrogen) atoms. The van der Waals surface area contributed by atoms with Gasteiger partial charge >= 0.3 is 0 Å². The minimum Gasteiger partial charge on any atom is -0.483 e. The van der Waals surface area contributed by atoms with Crippen LogP contribution in [0.25, 0.3) is 22.2 Å². The normalized spacial score (nSPS) is 12.0. The fourth-order valence-corrected chi connectivity index (χ4v) is 3.47. The molecular formula is C25H20N2O4. The molecule has 0 atom stereocenters. The molecule has 1 aromatic heterocycles. The fourth-order valence-electron chi connectivity index (χ4n) is 3.47. The summed E-state index contributed by atoms with van der Waals surface area (Å²) in [7, 11) is 0. The molecule has 0 aliphatic carbocycles. The molecule has 2 heterocycles. The lowest BCUT2D eigenvalue weighted by Gasteiger charge is -2.12. The smallest absolute Gasteiger partial charge is 0.258 e. The van der Waals surface area contributed by atoms with Gasteiger partial charge in [0.2, 0.25) is 6.79 Å². The van der Waals surface area contributed by atoms with Crippen LogP contribution in [0.1, 0.15) is 5.56 Å². The highest BCUT2D eigenvalue weighted by atomic mass is 16.7. The van der Waals surface area contributed by atoms with Gasteiger partial charge in [-0.15, -0.1) is 0 Å². The molecule has 1 aliphatic rings. The molecule has 0 bridgehead atoms. The molecule has 4 aromatic rings. The van der Waals surface area contributed by atoms with Crippen LogP contribution in [0, 0.1) is 0 Å². The van der Waals surface area contributed by atoms with Crippen LogP contribution in [0.4, 0.5) is 0 Å². The van der Waals surface area contributed by atoms with Gasteiger partial charge in [-0.25, -0.2) is 4.98 Å². The predicted molar refractivity (Wildman–Crippen MR) is 117 cm³/mol. The maximum absolute atomic E-state index is 12.4. The van der Waals surface area contributed by atoms with E-state index in [1.807, 2.05) is 78.9 Å². The number of hydrogen-bond donors (Lipinski definition) is 1. The van der Waals surface area contributed by atoms with Crippen LogP contribution in [0.5, 0.6) is 17.2 Å². The Morgan fingerprint density at radius 1 is 0.935 bits per heavy atom. The van der Waals surface area contributed by atoms with Gasteiger partial charge in [0.25, 0.3) is 5.91 Å². The van der Waals surface area contributed by atoms with Gasteiger partial charge in [-0.05, 0) is 29.8 Å². The lowest BCUT2D eigenvalue weighted by Crippen LogP contribution is -2.28. The molecule has 6 nitrogen and oxygen atoms in total. The average Bonchev–Trinajstić information content (AvgIpc) is 3.29. The van der Waals surface area contributed by atoms with Crippen molar-refractivity contribution in [3.8, 4) is 28.5 Å². The molecule has 1 amide bonds. The summed E-state index contributed by atoms with van der Waals surface area (Å²) >= 11 is 0. The van der Waals surface area contributed by atoms with Crippen molar-refractivity contribution in [3.63, 3.8) is 0 Å². The van der Waals surface area contributed by atoms with E-state index < -0.39 is 0 Å². The molecule has 154 valence electrons. The number of fused-ring (bicyclic) bond motifs is 2. The summed E-state index contributed by atoms with van der Waals surface area (Å²) in [4.78, 5) is 17.1. The molecule has 5 rings (SSSR count). The average molecular weight is 412 g/mol. The molecule has 0 spiro atoms. The Hall–Kier alpha value is -4.06. The number of carbonyl (C=O) groups is 1. The predicted octanol–water partition coefficient (Wildman–Crippen LogP) is 4.33. The Bertz CT molecular complexity index is 1240. The van der Waals surface area contributed by atoms with Crippen LogP contribution in [-0.2, 0) is 11.3 Å². The molecule has 1 aliphatic heterocycles. The first kappa shape index (κ1) is 18.9. The molecule has 0 fully saturated rings. The van der Waals surface area contributed by atoms with Crippen molar-refractivity contribution in [2.45, 2.75) is 6.54 Å². The number of carbonyl (C=O) groups excluding carboxylic acids is 1. The summed E-state index contributed by atoms with van der Waals surface area (Å²) in [6.45, 7) is 0.516. The maximum atomic E-state index is 12.4. The van der Waals surface area contributed by atoms with Gasteiger partial charge < -0.3 is 19.5 Å². The van der Waals surface area contributed by atoms with Gasteiger partial charge in [-0.2, -0.15) is 0 Å². The van der Waals surface area contributed by atoms with E-state index in [-0.39, 0.29) is 19.3 Å². The Morgan fingerprint density at radius 3 is 2.65 bits per heavy atom. The van der Waals surface area contributed by atoms with Crippen LogP contribution in [0.3, 0.4) is 0 Å². The minimum atomic E-state index is -0.208. The third-order valence-electron chi connectivity index (χ3n) is 5.03. The van der Waals surface area contributed by atoms with Gasteiger partial charge in [0.15, 0.2) is 18.1 Å². The molecule has 1 N–H and O–H groups in total. The van der Waals surface area contributed by atoms with Gasteiger partial charge in [-0.3, -0.25) is 4.79 Å². The van der Waals surface area contributed by atoms with Gasteiger partial charge in [0.05, 0.1) is 11.2 Å². The summed E-state index contributed by atoms with van der Waals surface area (Å²) in [5, 5.41) is 3.75. The van der Waals surface area contributed by atoms with Crippen LogP contribution < -0.4 is 19.5 Å². The first-order valence-electron chi connectivity index (χ1n) is 9.99. The van der Waals surface area contributed by atoms with E-state index in [1.54, 1.807) is 0 Å². The quantitative estimate of drug-likeness (QED) is 0.511. The molecular weight excluding hydrogens is 392 g/mol. The van der Waals surface area contributed by atoms with E-state index in [4.69, 9.17) is 19.2 Å². The maximum Gasteiger partial charge on any atom is 0.258 e. The number of aromatic nitrogens is 1. The largest absolute Gasteiger partial charge is 0.483 e. The van der Waals surface area contributed by atoms with E-state index >= 15 is 0 Å². The van der Waals surface area contributed by atoms with Crippen LogP contribution in [-0.4, -0.2) is 24.3 Å². The molecule has 0 radical (unpaired) electrons. The highest BCUT2D eigenvalue weighted by Gasteiger charge is 2.14. The zero-order valence-corrected chi connectivity index (χ0v) is 16.7. The van der Waals surface area contributed by atoms with Crippen molar-refractivity contribution in [2.75, 3.05) is 13.4 Å². The second-order valence-electron chi connectivity index (χ2n) is 7.14. The summed E-state index contributed by atoms with van der Waals surface area (Å²) in [5.41, 5.74) is 3.54. The first-order valence-corrected chi connectivity index (χ1v) is 9.99. The number of pyridine rings is 1.